The molecule has 0 aliphatic heterocycles. The molecule has 3 atom stereocenters. The van der Waals surface area contributed by atoms with Crippen LogP contribution in [0.5, 0.6) is 0 Å². The smallest absolute Gasteiger partial charge is 0.186 e. The molecule has 0 aromatic carbocycles. The van der Waals surface area contributed by atoms with Gasteiger partial charge in [0.1, 0.15) is 0 Å². The molecule has 3 nitrogen and oxygen atoms in total. The van der Waals surface area contributed by atoms with E-state index in [4.69, 9.17) is 4.84 Å². The zero-order valence-electron chi connectivity index (χ0n) is 10.3. The van der Waals surface area contributed by atoms with Gasteiger partial charge in [0.2, 0.25) is 0 Å². The predicted molar refractivity (Wildman–Crippen MR) is 67.4 cm³/mol. The van der Waals surface area contributed by atoms with Gasteiger partial charge in [0.15, 0.2) is 11.5 Å². The summed E-state index contributed by atoms with van der Waals surface area (Å²) in [5.74, 6) is 1.72. The van der Waals surface area contributed by atoms with Crippen LogP contribution in [0.2, 0.25) is 0 Å². The molecule has 1 N–H and O–H groups in total. The van der Waals surface area contributed by atoms with E-state index in [0.717, 1.165) is 12.8 Å². The second-order valence-electron chi connectivity index (χ2n) is 4.80. The van der Waals surface area contributed by atoms with Gasteiger partial charge < -0.3 is 10.0 Å². The van der Waals surface area contributed by atoms with E-state index in [2.05, 4.69) is 19.9 Å². The van der Waals surface area contributed by atoms with Gasteiger partial charge >= 0.3 is 0 Å². The monoisotopic (exact) mass is 233 g/mol. The van der Waals surface area contributed by atoms with Gasteiger partial charge in [-0.15, -0.1) is 5.23 Å². The first-order valence-corrected chi connectivity index (χ1v) is 6.14. The molecule has 0 aromatic rings. The van der Waals surface area contributed by atoms with Crippen molar-refractivity contribution < 1.29 is 10.1 Å². The Morgan fingerprint density at radius 2 is 1.76 bits per heavy atom. The van der Waals surface area contributed by atoms with Gasteiger partial charge in [0.05, 0.1) is 0 Å². The molecule has 0 spiro atoms. The Morgan fingerprint density at radius 3 is 2.29 bits per heavy atom. The number of quaternary nitrogens is 1. The molecule has 0 aromatic heterocycles. The maximum absolute atomic E-state index is 11.8. The summed E-state index contributed by atoms with van der Waals surface area (Å²) in [6.07, 6.45) is 13.6. The molecule has 92 valence electrons. The highest BCUT2D eigenvalue weighted by molar-refractivity contribution is 5.18. The molecule has 0 bridgehead atoms. The number of hydroxylamine groups is 2. The van der Waals surface area contributed by atoms with E-state index in [1.165, 1.54) is 0 Å². The zero-order valence-corrected chi connectivity index (χ0v) is 10.3. The Hall–Kier alpha value is -1.32. The van der Waals surface area contributed by atoms with Crippen LogP contribution in [0.3, 0.4) is 0 Å². The van der Waals surface area contributed by atoms with Crippen molar-refractivity contribution >= 4 is 0 Å². The molecule has 3 heteroatoms. The second kappa shape index (κ2) is 5.34. The van der Waals surface area contributed by atoms with E-state index in [1.54, 1.807) is 0 Å². The summed E-state index contributed by atoms with van der Waals surface area (Å²) in [5, 5.41) is 11.6. The topological polar surface area (TPSA) is 36.7 Å². The Bertz CT molecular complexity index is 393. The summed E-state index contributed by atoms with van der Waals surface area (Å²) in [5.41, 5.74) is 0.663. The third-order valence-corrected chi connectivity index (χ3v) is 3.04. The molecule has 2 aliphatic rings. The molecule has 0 saturated heterocycles. The quantitative estimate of drug-likeness (QED) is 0.759. The largest absolute Gasteiger partial charge is 0.585 e. The van der Waals surface area contributed by atoms with E-state index >= 15 is 0 Å². The van der Waals surface area contributed by atoms with Gasteiger partial charge in [-0.2, -0.15) is 0 Å². The van der Waals surface area contributed by atoms with Crippen LogP contribution in [0.1, 0.15) is 26.7 Å². The number of rotatable bonds is 3. The van der Waals surface area contributed by atoms with Crippen LogP contribution in [0.25, 0.3) is 0 Å². The highest BCUT2D eigenvalue weighted by Crippen LogP contribution is 2.16. The molecule has 0 heterocycles. The standard InChI is InChI=1S/C14H19NO2/c1-11-3-7-13(8-4-11)15(16)17-14-9-5-12(2)6-10-14/h3,5,7-12,15H,4,6H2,1-2H3. The van der Waals surface area contributed by atoms with Crippen LogP contribution in [0.4, 0.5) is 0 Å². The molecular formula is C14H19NO2. The molecule has 17 heavy (non-hydrogen) atoms. The Morgan fingerprint density at radius 1 is 1.12 bits per heavy atom. The van der Waals surface area contributed by atoms with Gasteiger partial charge in [-0.1, -0.05) is 26.0 Å². The molecule has 3 unspecified atom stereocenters. The second-order valence-corrected chi connectivity index (χ2v) is 4.80. The maximum Gasteiger partial charge on any atom is 0.186 e. The van der Waals surface area contributed by atoms with E-state index in [9.17, 15) is 5.21 Å². The van der Waals surface area contributed by atoms with Crippen molar-refractivity contribution in [2.75, 3.05) is 0 Å². The highest BCUT2D eigenvalue weighted by Gasteiger charge is 2.13. The fourth-order valence-corrected chi connectivity index (χ4v) is 1.83. The summed E-state index contributed by atoms with van der Waals surface area (Å²) in [6.45, 7) is 4.27. The molecule has 2 rings (SSSR count). The van der Waals surface area contributed by atoms with E-state index in [1.807, 2.05) is 30.4 Å². The average molecular weight is 233 g/mol. The fourth-order valence-electron chi connectivity index (χ4n) is 1.83. The minimum absolute atomic E-state index is 0.251. The molecule has 0 saturated carbocycles. The lowest BCUT2D eigenvalue weighted by Gasteiger charge is -2.24. The van der Waals surface area contributed by atoms with Crippen LogP contribution in [0.15, 0.2) is 47.9 Å². The van der Waals surface area contributed by atoms with E-state index < -0.39 is 0 Å². The Kier molecular flexibility index (Phi) is 3.82. The van der Waals surface area contributed by atoms with Gasteiger partial charge in [0.25, 0.3) is 0 Å². The number of allylic oxidation sites excluding steroid dienone is 6. The third kappa shape index (κ3) is 3.32. The van der Waals surface area contributed by atoms with Gasteiger partial charge in [0, 0.05) is 0 Å². The summed E-state index contributed by atoms with van der Waals surface area (Å²) >= 11 is 0. The average Bonchev–Trinajstić information content (AvgIpc) is 2.33. The fraction of sp³-hybridized carbons (Fsp3) is 0.429. The van der Waals surface area contributed by atoms with Crippen molar-refractivity contribution in [1.82, 2.24) is 0 Å². The molecule has 0 radical (unpaired) electrons. The maximum atomic E-state index is 11.8. The molecule has 0 fully saturated rings. The van der Waals surface area contributed by atoms with Gasteiger partial charge in [-0.05, 0) is 49.0 Å². The van der Waals surface area contributed by atoms with Crippen LogP contribution >= 0.6 is 0 Å². The summed E-state index contributed by atoms with van der Waals surface area (Å²) < 4.78 is 0. The van der Waals surface area contributed by atoms with E-state index in [-0.39, 0.29) is 5.23 Å². The summed E-state index contributed by atoms with van der Waals surface area (Å²) in [6, 6.07) is 0. The number of nitrogens with one attached hydrogen (secondary N) is 1. The van der Waals surface area contributed by atoms with E-state index in [0.29, 0.717) is 23.3 Å². The molecular weight excluding hydrogens is 214 g/mol. The van der Waals surface area contributed by atoms with Gasteiger partial charge in [-0.3, -0.25) is 0 Å². The highest BCUT2D eigenvalue weighted by atomic mass is 16.9. The third-order valence-electron chi connectivity index (χ3n) is 3.04. The summed E-state index contributed by atoms with van der Waals surface area (Å²) in [7, 11) is 0. The van der Waals surface area contributed by atoms with Crippen LogP contribution in [-0.4, -0.2) is 0 Å². The summed E-state index contributed by atoms with van der Waals surface area (Å²) in [4.78, 5) is 5.33. The zero-order chi connectivity index (χ0) is 12.3. The van der Waals surface area contributed by atoms with Crippen molar-refractivity contribution in [3.8, 4) is 0 Å². The van der Waals surface area contributed by atoms with Gasteiger partial charge in [-0.25, -0.2) is 0 Å². The van der Waals surface area contributed by atoms with Crippen molar-refractivity contribution in [1.29, 1.82) is 0 Å². The van der Waals surface area contributed by atoms with Crippen LogP contribution in [0, 0.1) is 17.0 Å². The first-order chi connectivity index (χ1) is 8.15. The predicted octanol–water partition coefficient (Wildman–Crippen LogP) is 2.26. The van der Waals surface area contributed by atoms with Crippen molar-refractivity contribution in [3.05, 3.63) is 53.1 Å². The minimum atomic E-state index is -0.251. The first kappa shape index (κ1) is 12.1. The number of hydrogen-bond acceptors (Lipinski definition) is 2. The molecule has 0 amide bonds. The minimum Gasteiger partial charge on any atom is -0.585 e. The molecule has 2 aliphatic carbocycles. The lowest BCUT2D eigenvalue weighted by molar-refractivity contribution is -1.01. The van der Waals surface area contributed by atoms with Crippen molar-refractivity contribution in [2.45, 2.75) is 26.7 Å². The number of hydrogen-bond donors (Lipinski definition) is 1. The van der Waals surface area contributed by atoms with Crippen molar-refractivity contribution in [2.24, 2.45) is 11.8 Å². The lowest BCUT2D eigenvalue weighted by atomic mass is 10.0. The Labute approximate surface area is 102 Å². The van der Waals surface area contributed by atoms with Crippen molar-refractivity contribution in [3.63, 3.8) is 0 Å². The normalized spacial score (nSPS) is 29.6. The first-order valence-electron chi connectivity index (χ1n) is 6.14. The SMILES string of the molecule is CC1C=CC(O[NH+]([O-])C2=CCC(C)C=C2)=CC1. The lowest BCUT2D eigenvalue weighted by Crippen LogP contribution is -3.03. The van der Waals surface area contributed by atoms with Crippen LogP contribution in [-0.2, 0) is 4.84 Å². The van der Waals surface area contributed by atoms with Crippen LogP contribution < -0.4 is 5.23 Å². The Balaban J connectivity index is 1.92.